The molecule has 2 saturated carbocycles. The Labute approximate surface area is 123 Å². The molecule has 2 heteroatoms. The average Bonchev–Trinajstić information content (AvgIpc) is 2.46. The van der Waals surface area contributed by atoms with Gasteiger partial charge in [-0.2, -0.15) is 0 Å². The van der Waals surface area contributed by atoms with Crippen molar-refractivity contribution in [3.63, 3.8) is 0 Å². The standard InChI is InChI=1S/C18H32F2/c1-3-4-5-6-14-8-10-15(11-9-14)16-12-7-13(2)17(19)18(16)20/h13-18H,3-12H2,1-2H3. The van der Waals surface area contributed by atoms with Gasteiger partial charge in [0.05, 0.1) is 0 Å². The van der Waals surface area contributed by atoms with E-state index in [2.05, 4.69) is 6.92 Å². The molecule has 0 aromatic carbocycles. The number of hydrogen-bond donors (Lipinski definition) is 0. The van der Waals surface area contributed by atoms with Gasteiger partial charge in [0.1, 0.15) is 12.3 Å². The number of unbranched alkanes of at least 4 members (excludes halogenated alkanes) is 2. The molecule has 4 unspecified atom stereocenters. The number of rotatable bonds is 5. The molecule has 4 atom stereocenters. The van der Waals surface area contributed by atoms with Crippen LogP contribution in [0.1, 0.15) is 78.1 Å². The summed E-state index contributed by atoms with van der Waals surface area (Å²) in [5, 5.41) is 0. The van der Waals surface area contributed by atoms with Gasteiger partial charge in [-0.3, -0.25) is 0 Å². The summed E-state index contributed by atoms with van der Waals surface area (Å²) in [4.78, 5) is 0. The fourth-order valence-corrected chi connectivity index (χ4v) is 4.41. The lowest BCUT2D eigenvalue weighted by Crippen LogP contribution is -2.41. The van der Waals surface area contributed by atoms with Crippen LogP contribution >= 0.6 is 0 Å². The molecule has 0 heterocycles. The van der Waals surface area contributed by atoms with Crippen LogP contribution in [0.4, 0.5) is 8.78 Å². The molecular formula is C18H32F2. The van der Waals surface area contributed by atoms with E-state index in [0.717, 1.165) is 31.6 Å². The van der Waals surface area contributed by atoms with Crippen molar-refractivity contribution in [2.45, 2.75) is 90.4 Å². The lowest BCUT2D eigenvalue weighted by Gasteiger charge is -2.40. The van der Waals surface area contributed by atoms with E-state index in [4.69, 9.17) is 0 Å². The Bertz CT molecular complexity index is 271. The van der Waals surface area contributed by atoms with Crippen LogP contribution in [0, 0.1) is 23.7 Å². The Balaban J connectivity index is 1.76. The Hall–Kier alpha value is -0.140. The molecule has 0 N–H and O–H groups in total. The van der Waals surface area contributed by atoms with Crippen LogP contribution in [-0.4, -0.2) is 12.3 Å². The summed E-state index contributed by atoms with van der Waals surface area (Å²) < 4.78 is 28.1. The molecule has 0 amide bonds. The molecule has 0 saturated heterocycles. The van der Waals surface area contributed by atoms with Crippen molar-refractivity contribution < 1.29 is 8.78 Å². The summed E-state index contributed by atoms with van der Waals surface area (Å²) in [6.45, 7) is 4.10. The summed E-state index contributed by atoms with van der Waals surface area (Å²) in [6.07, 6.45) is 9.51. The first-order valence-corrected chi connectivity index (χ1v) is 8.91. The zero-order valence-electron chi connectivity index (χ0n) is 13.3. The number of alkyl halides is 2. The van der Waals surface area contributed by atoms with Crippen molar-refractivity contribution in [1.82, 2.24) is 0 Å². The predicted molar refractivity (Wildman–Crippen MR) is 81.3 cm³/mol. The van der Waals surface area contributed by atoms with E-state index < -0.39 is 12.3 Å². The normalized spacial score (nSPS) is 42.6. The Morgan fingerprint density at radius 1 is 0.850 bits per heavy atom. The van der Waals surface area contributed by atoms with E-state index in [-0.39, 0.29) is 11.8 Å². The fourth-order valence-electron chi connectivity index (χ4n) is 4.41. The summed E-state index contributed by atoms with van der Waals surface area (Å²) in [6, 6.07) is 0. The topological polar surface area (TPSA) is 0 Å². The van der Waals surface area contributed by atoms with Crippen molar-refractivity contribution in [3.05, 3.63) is 0 Å². The highest BCUT2D eigenvalue weighted by Crippen LogP contribution is 2.44. The van der Waals surface area contributed by atoms with Gasteiger partial charge in [0.25, 0.3) is 0 Å². The number of hydrogen-bond acceptors (Lipinski definition) is 0. The highest BCUT2D eigenvalue weighted by Gasteiger charge is 2.42. The Morgan fingerprint density at radius 3 is 2.20 bits per heavy atom. The minimum atomic E-state index is -1.21. The van der Waals surface area contributed by atoms with Crippen LogP contribution in [0.3, 0.4) is 0 Å². The first-order valence-electron chi connectivity index (χ1n) is 8.91. The second-order valence-corrected chi connectivity index (χ2v) is 7.38. The van der Waals surface area contributed by atoms with Gasteiger partial charge in [-0.1, -0.05) is 52.4 Å². The maximum absolute atomic E-state index is 14.2. The van der Waals surface area contributed by atoms with Crippen LogP contribution in [-0.2, 0) is 0 Å². The van der Waals surface area contributed by atoms with Gasteiger partial charge in [0.2, 0.25) is 0 Å². The lowest BCUT2D eigenvalue weighted by molar-refractivity contribution is -0.00670. The average molecular weight is 286 g/mol. The number of halogens is 2. The Morgan fingerprint density at radius 2 is 1.55 bits per heavy atom. The summed E-state index contributed by atoms with van der Waals surface area (Å²) in [5.41, 5.74) is 0. The van der Waals surface area contributed by atoms with Crippen molar-refractivity contribution in [1.29, 1.82) is 0 Å². The molecule has 0 bridgehead atoms. The van der Waals surface area contributed by atoms with Crippen LogP contribution in [0.5, 0.6) is 0 Å². The zero-order valence-corrected chi connectivity index (χ0v) is 13.3. The van der Waals surface area contributed by atoms with E-state index in [9.17, 15) is 8.78 Å². The first-order chi connectivity index (χ1) is 9.63. The van der Waals surface area contributed by atoms with Crippen molar-refractivity contribution in [3.8, 4) is 0 Å². The predicted octanol–water partition coefficient (Wildman–Crippen LogP) is 6.10. The summed E-state index contributed by atoms with van der Waals surface area (Å²) in [5.74, 6) is 1.25. The second kappa shape index (κ2) is 7.75. The first kappa shape index (κ1) is 16.2. The molecule has 2 aliphatic carbocycles. The van der Waals surface area contributed by atoms with E-state index in [1.54, 1.807) is 0 Å². The van der Waals surface area contributed by atoms with Crippen molar-refractivity contribution in [2.75, 3.05) is 0 Å². The van der Waals surface area contributed by atoms with Gasteiger partial charge < -0.3 is 0 Å². The van der Waals surface area contributed by atoms with Gasteiger partial charge in [-0.15, -0.1) is 0 Å². The zero-order chi connectivity index (χ0) is 14.5. The molecular weight excluding hydrogens is 254 g/mol. The second-order valence-electron chi connectivity index (χ2n) is 7.38. The van der Waals surface area contributed by atoms with Crippen LogP contribution in [0.15, 0.2) is 0 Å². The molecule has 0 radical (unpaired) electrons. The quantitative estimate of drug-likeness (QED) is 0.536. The molecule has 0 aromatic rings. The molecule has 0 aliphatic heterocycles. The third-order valence-corrected chi connectivity index (χ3v) is 5.93. The van der Waals surface area contributed by atoms with E-state index in [1.807, 2.05) is 6.92 Å². The van der Waals surface area contributed by atoms with Gasteiger partial charge in [-0.05, 0) is 49.4 Å². The van der Waals surface area contributed by atoms with E-state index in [1.165, 1.54) is 38.5 Å². The summed E-state index contributed by atoms with van der Waals surface area (Å²) >= 11 is 0. The molecule has 2 fully saturated rings. The molecule has 0 nitrogen and oxygen atoms in total. The molecule has 2 aliphatic rings. The maximum atomic E-state index is 14.2. The van der Waals surface area contributed by atoms with Crippen LogP contribution < -0.4 is 0 Å². The third kappa shape index (κ3) is 3.95. The van der Waals surface area contributed by atoms with Gasteiger partial charge in [0, 0.05) is 0 Å². The molecule has 2 rings (SSSR count). The summed E-state index contributed by atoms with van der Waals surface area (Å²) in [7, 11) is 0. The SMILES string of the molecule is CCCCCC1CCC(C2CCC(C)C(F)C2F)CC1. The molecule has 20 heavy (non-hydrogen) atoms. The van der Waals surface area contributed by atoms with Gasteiger partial charge in [0.15, 0.2) is 0 Å². The maximum Gasteiger partial charge on any atom is 0.134 e. The smallest absolute Gasteiger partial charge is 0.134 e. The fraction of sp³-hybridized carbons (Fsp3) is 1.00. The van der Waals surface area contributed by atoms with Crippen LogP contribution in [0.25, 0.3) is 0 Å². The molecule has 0 aromatic heterocycles. The van der Waals surface area contributed by atoms with Crippen LogP contribution in [0.2, 0.25) is 0 Å². The minimum absolute atomic E-state index is 0.0118. The van der Waals surface area contributed by atoms with E-state index in [0.29, 0.717) is 5.92 Å². The van der Waals surface area contributed by atoms with Crippen molar-refractivity contribution >= 4 is 0 Å². The van der Waals surface area contributed by atoms with Gasteiger partial charge >= 0.3 is 0 Å². The molecule has 0 spiro atoms. The molecule has 118 valence electrons. The van der Waals surface area contributed by atoms with E-state index >= 15 is 0 Å². The third-order valence-electron chi connectivity index (χ3n) is 5.93. The monoisotopic (exact) mass is 286 g/mol. The lowest BCUT2D eigenvalue weighted by atomic mass is 9.67. The highest BCUT2D eigenvalue weighted by molar-refractivity contribution is 4.91. The Kier molecular flexibility index (Phi) is 6.29. The van der Waals surface area contributed by atoms with Crippen molar-refractivity contribution in [2.24, 2.45) is 23.7 Å². The largest absolute Gasteiger partial charge is 0.244 e. The highest BCUT2D eigenvalue weighted by atomic mass is 19.2. The minimum Gasteiger partial charge on any atom is -0.244 e. The van der Waals surface area contributed by atoms with Gasteiger partial charge in [-0.25, -0.2) is 8.78 Å².